The van der Waals surface area contributed by atoms with Crippen LogP contribution >= 0.6 is 0 Å². The average molecular weight is 332 g/mol. The molecule has 2 aliphatic heterocycles. The van der Waals surface area contributed by atoms with Gasteiger partial charge in [0.15, 0.2) is 0 Å². The summed E-state index contributed by atoms with van der Waals surface area (Å²) in [6.07, 6.45) is -4.35. The molecular formula is C19H19F3N2. The van der Waals surface area contributed by atoms with E-state index in [-0.39, 0.29) is 5.56 Å². The highest BCUT2D eigenvalue weighted by atomic mass is 19.4. The summed E-state index contributed by atoms with van der Waals surface area (Å²) in [5, 5.41) is 6.86. The summed E-state index contributed by atoms with van der Waals surface area (Å²) in [5.41, 5.74) is 3.56. The third-order valence-electron chi connectivity index (χ3n) is 5.19. The van der Waals surface area contributed by atoms with E-state index >= 15 is 0 Å². The number of alkyl halides is 3. The molecule has 5 heteroatoms. The minimum absolute atomic E-state index is 0.254. The third kappa shape index (κ3) is 2.47. The number of fused-ring (bicyclic) bond motifs is 3. The van der Waals surface area contributed by atoms with Crippen LogP contribution in [0.4, 0.5) is 18.9 Å². The van der Waals surface area contributed by atoms with Gasteiger partial charge in [0.05, 0.1) is 5.56 Å². The minimum Gasteiger partial charge on any atom is -0.384 e. The molecule has 1 fully saturated rings. The molecule has 126 valence electrons. The summed E-state index contributed by atoms with van der Waals surface area (Å²) in [7, 11) is 0. The van der Waals surface area contributed by atoms with Gasteiger partial charge in [-0.2, -0.15) is 13.2 Å². The van der Waals surface area contributed by atoms with Crippen molar-refractivity contribution < 1.29 is 13.2 Å². The Balaban J connectivity index is 1.87. The SMILES string of the molecule is Cc1cc(-c2ccccc2C(F)(F)F)cc2c1NCC1CNCC21. The Hall–Kier alpha value is -2.01. The van der Waals surface area contributed by atoms with Gasteiger partial charge in [-0.3, -0.25) is 0 Å². The smallest absolute Gasteiger partial charge is 0.384 e. The molecule has 4 rings (SSSR count). The molecule has 0 bridgehead atoms. The molecule has 0 saturated carbocycles. The summed E-state index contributed by atoms with van der Waals surface area (Å²) in [6.45, 7) is 4.74. The van der Waals surface area contributed by atoms with Crippen molar-refractivity contribution in [3.05, 3.63) is 53.1 Å². The largest absolute Gasteiger partial charge is 0.417 e. The van der Waals surface area contributed by atoms with E-state index in [1.165, 1.54) is 6.07 Å². The quantitative estimate of drug-likeness (QED) is 0.808. The van der Waals surface area contributed by atoms with Crippen LogP contribution in [0, 0.1) is 12.8 Å². The van der Waals surface area contributed by atoms with Crippen molar-refractivity contribution in [3.63, 3.8) is 0 Å². The number of hydrogen-bond acceptors (Lipinski definition) is 2. The number of rotatable bonds is 1. The van der Waals surface area contributed by atoms with E-state index in [0.29, 0.717) is 17.4 Å². The Kier molecular flexibility index (Phi) is 3.57. The van der Waals surface area contributed by atoms with Crippen molar-refractivity contribution >= 4 is 5.69 Å². The van der Waals surface area contributed by atoms with Crippen LogP contribution in [0.5, 0.6) is 0 Å². The van der Waals surface area contributed by atoms with E-state index in [1.54, 1.807) is 12.1 Å². The molecular weight excluding hydrogens is 313 g/mol. The van der Waals surface area contributed by atoms with E-state index in [9.17, 15) is 13.2 Å². The molecule has 2 unspecified atom stereocenters. The van der Waals surface area contributed by atoms with E-state index in [2.05, 4.69) is 10.6 Å². The van der Waals surface area contributed by atoms with Crippen LogP contribution in [0.3, 0.4) is 0 Å². The normalized spacial score (nSPS) is 22.7. The standard InChI is InChI=1S/C19H19F3N2/c1-11-6-12(14-4-2-3-5-17(14)19(20,21)22)7-15-16-10-23-8-13(16)9-24-18(11)15/h2-7,13,16,23-24H,8-10H2,1H3. The Morgan fingerprint density at radius 1 is 1.04 bits per heavy atom. The zero-order valence-corrected chi connectivity index (χ0v) is 13.4. The number of nitrogens with one attached hydrogen (secondary N) is 2. The van der Waals surface area contributed by atoms with E-state index in [4.69, 9.17) is 0 Å². The summed E-state index contributed by atoms with van der Waals surface area (Å²) < 4.78 is 40.1. The highest BCUT2D eigenvalue weighted by molar-refractivity contribution is 5.75. The van der Waals surface area contributed by atoms with Crippen LogP contribution in [-0.2, 0) is 6.18 Å². The number of halogens is 3. The van der Waals surface area contributed by atoms with E-state index in [1.807, 2.05) is 19.1 Å². The van der Waals surface area contributed by atoms with Crippen molar-refractivity contribution in [2.24, 2.45) is 5.92 Å². The Morgan fingerprint density at radius 2 is 1.83 bits per heavy atom. The maximum absolute atomic E-state index is 13.4. The van der Waals surface area contributed by atoms with Crippen molar-refractivity contribution in [3.8, 4) is 11.1 Å². The molecule has 2 nitrogen and oxygen atoms in total. The summed E-state index contributed by atoms with van der Waals surface area (Å²) >= 11 is 0. The lowest BCUT2D eigenvalue weighted by Crippen LogP contribution is -2.27. The first kappa shape index (κ1) is 15.5. The second kappa shape index (κ2) is 5.52. The van der Waals surface area contributed by atoms with Crippen molar-refractivity contribution in [1.82, 2.24) is 5.32 Å². The van der Waals surface area contributed by atoms with Gasteiger partial charge < -0.3 is 10.6 Å². The molecule has 2 aromatic carbocycles. The minimum atomic E-state index is -4.35. The molecule has 0 spiro atoms. The van der Waals surface area contributed by atoms with Crippen molar-refractivity contribution in [2.75, 3.05) is 25.0 Å². The summed E-state index contributed by atoms with van der Waals surface area (Å²) in [4.78, 5) is 0. The molecule has 2 aromatic rings. The van der Waals surface area contributed by atoms with Gasteiger partial charge in [0.1, 0.15) is 0 Å². The van der Waals surface area contributed by atoms with Crippen LogP contribution in [0.25, 0.3) is 11.1 Å². The molecule has 2 N–H and O–H groups in total. The van der Waals surface area contributed by atoms with Gasteiger partial charge in [-0.05, 0) is 53.3 Å². The van der Waals surface area contributed by atoms with Crippen molar-refractivity contribution in [1.29, 1.82) is 0 Å². The van der Waals surface area contributed by atoms with E-state index < -0.39 is 11.7 Å². The van der Waals surface area contributed by atoms with Crippen LogP contribution in [-0.4, -0.2) is 19.6 Å². The second-order valence-electron chi connectivity index (χ2n) is 6.71. The lowest BCUT2D eigenvalue weighted by molar-refractivity contribution is -0.137. The van der Waals surface area contributed by atoms with Gasteiger partial charge in [-0.25, -0.2) is 0 Å². The lowest BCUT2D eigenvalue weighted by Gasteiger charge is -2.31. The predicted octanol–water partition coefficient (Wildman–Crippen LogP) is 4.41. The fraction of sp³-hybridized carbons (Fsp3) is 0.368. The molecule has 0 amide bonds. The Labute approximate surface area is 139 Å². The Morgan fingerprint density at radius 3 is 2.62 bits per heavy atom. The fourth-order valence-electron chi connectivity index (χ4n) is 4.03. The first-order valence-corrected chi connectivity index (χ1v) is 8.21. The highest BCUT2D eigenvalue weighted by Crippen LogP contribution is 2.43. The molecule has 24 heavy (non-hydrogen) atoms. The molecule has 0 aliphatic carbocycles. The molecule has 2 aliphatic rings. The number of hydrogen-bond donors (Lipinski definition) is 2. The summed E-state index contributed by atoms with van der Waals surface area (Å²) in [5.74, 6) is 0.878. The molecule has 1 saturated heterocycles. The topological polar surface area (TPSA) is 24.1 Å². The maximum Gasteiger partial charge on any atom is 0.417 e. The first-order valence-electron chi connectivity index (χ1n) is 8.21. The molecule has 2 atom stereocenters. The molecule has 0 aromatic heterocycles. The van der Waals surface area contributed by atoms with Gasteiger partial charge in [0.2, 0.25) is 0 Å². The highest BCUT2D eigenvalue weighted by Gasteiger charge is 2.36. The van der Waals surface area contributed by atoms with Crippen molar-refractivity contribution in [2.45, 2.75) is 19.0 Å². The monoisotopic (exact) mass is 332 g/mol. The Bertz CT molecular complexity index is 783. The zero-order valence-electron chi connectivity index (χ0n) is 13.4. The third-order valence-corrected chi connectivity index (χ3v) is 5.19. The predicted molar refractivity (Wildman–Crippen MR) is 89.2 cm³/mol. The van der Waals surface area contributed by atoms with Crippen LogP contribution < -0.4 is 10.6 Å². The average Bonchev–Trinajstić information content (AvgIpc) is 3.03. The van der Waals surface area contributed by atoms with Gasteiger partial charge in [0, 0.05) is 31.2 Å². The van der Waals surface area contributed by atoms with Gasteiger partial charge in [0.25, 0.3) is 0 Å². The van der Waals surface area contributed by atoms with Gasteiger partial charge in [-0.15, -0.1) is 0 Å². The first-order chi connectivity index (χ1) is 11.4. The summed E-state index contributed by atoms with van der Waals surface area (Å²) in [6, 6.07) is 9.63. The van der Waals surface area contributed by atoms with Crippen LogP contribution in [0.2, 0.25) is 0 Å². The second-order valence-corrected chi connectivity index (χ2v) is 6.71. The molecule has 0 radical (unpaired) electrons. The number of aryl methyl sites for hydroxylation is 1. The van der Waals surface area contributed by atoms with Gasteiger partial charge in [-0.1, -0.05) is 18.2 Å². The molecule has 2 heterocycles. The zero-order chi connectivity index (χ0) is 16.9. The fourth-order valence-corrected chi connectivity index (χ4v) is 4.03. The number of benzene rings is 2. The lowest BCUT2D eigenvalue weighted by atomic mass is 9.81. The maximum atomic E-state index is 13.4. The van der Waals surface area contributed by atoms with E-state index in [0.717, 1.165) is 42.5 Å². The van der Waals surface area contributed by atoms with Gasteiger partial charge >= 0.3 is 6.18 Å². The van der Waals surface area contributed by atoms with Crippen LogP contribution in [0.15, 0.2) is 36.4 Å². The van der Waals surface area contributed by atoms with Crippen LogP contribution in [0.1, 0.15) is 22.6 Å². The number of anilines is 1.